The Morgan fingerprint density at radius 3 is 2.72 bits per heavy atom. The molecule has 0 saturated carbocycles. The minimum Gasteiger partial charge on any atom is -0.484 e. The second kappa shape index (κ2) is 9.58. The zero-order valence-electron chi connectivity index (χ0n) is 13.7. The van der Waals surface area contributed by atoms with Gasteiger partial charge in [-0.3, -0.25) is 9.59 Å². The summed E-state index contributed by atoms with van der Waals surface area (Å²) in [6, 6.07) is 14.8. The molecule has 7 heteroatoms. The Bertz CT molecular complexity index is 778. The van der Waals surface area contributed by atoms with Gasteiger partial charge in [0.1, 0.15) is 5.75 Å². The van der Waals surface area contributed by atoms with Gasteiger partial charge in [-0.05, 0) is 42.3 Å². The van der Waals surface area contributed by atoms with Crippen molar-refractivity contribution in [3.63, 3.8) is 0 Å². The average molecular weight is 404 g/mol. The number of aryl methyl sites for hydroxylation is 1. The molecule has 0 bridgehead atoms. The summed E-state index contributed by atoms with van der Waals surface area (Å²) < 4.78 is 6.27. The molecule has 2 rings (SSSR count). The summed E-state index contributed by atoms with van der Waals surface area (Å²) in [5.74, 6) is -0.194. The van der Waals surface area contributed by atoms with E-state index in [0.717, 1.165) is 15.6 Å². The van der Waals surface area contributed by atoms with Crippen molar-refractivity contribution in [1.82, 2.24) is 10.7 Å². The van der Waals surface area contributed by atoms with Gasteiger partial charge in [-0.1, -0.05) is 40.2 Å². The largest absolute Gasteiger partial charge is 0.484 e. The van der Waals surface area contributed by atoms with E-state index in [1.807, 2.05) is 49.4 Å². The molecular weight excluding hydrogens is 386 g/mol. The van der Waals surface area contributed by atoms with Crippen LogP contribution in [-0.2, 0) is 9.59 Å². The maximum Gasteiger partial charge on any atom is 0.259 e. The highest BCUT2D eigenvalue weighted by Gasteiger charge is 2.06. The molecule has 0 radical (unpaired) electrons. The molecule has 2 aromatic carbocycles. The van der Waals surface area contributed by atoms with E-state index in [4.69, 9.17) is 4.74 Å². The lowest BCUT2D eigenvalue weighted by atomic mass is 10.2. The summed E-state index contributed by atoms with van der Waals surface area (Å²) >= 11 is 3.35. The summed E-state index contributed by atoms with van der Waals surface area (Å²) in [6.45, 7) is 1.61. The maximum absolute atomic E-state index is 11.7. The Hall–Kier alpha value is -2.67. The van der Waals surface area contributed by atoms with Gasteiger partial charge in [0.05, 0.1) is 12.8 Å². The number of nitrogens with one attached hydrogen (secondary N) is 2. The van der Waals surface area contributed by atoms with Crippen LogP contribution in [0.5, 0.6) is 5.75 Å². The lowest BCUT2D eigenvalue weighted by Gasteiger charge is -2.07. The number of nitrogens with zero attached hydrogens (tertiary/aromatic N) is 1. The molecule has 2 aromatic rings. The standard InChI is InChI=1S/C18H18BrN3O3/c1-13-4-2-7-16(8-13)25-12-18(24)20-11-17(23)22-21-10-14-5-3-6-15(19)9-14/h2-10H,11-12H2,1H3,(H,20,24)(H,22,23). The maximum atomic E-state index is 11.7. The van der Waals surface area contributed by atoms with Crippen molar-refractivity contribution in [2.45, 2.75) is 6.92 Å². The molecule has 0 heterocycles. The average Bonchev–Trinajstić information content (AvgIpc) is 2.58. The van der Waals surface area contributed by atoms with Crippen molar-refractivity contribution < 1.29 is 14.3 Å². The highest BCUT2D eigenvalue weighted by molar-refractivity contribution is 9.10. The molecule has 2 amide bonds. The van der Waals surface area contributed by atoms with Gasteiger partial charge in [0.2, 0.25) is 0 Å². The molecule has 0 unspecified atom stereocenters. The highest BCUT2D eigenvalue weighted by Crippen LogP contribution is 2.12. The fourth-order valence-electron chi connectivity index (χ4n) is 1.89. The molecule has 6 nitrogen and oxygen atoms in total. The van der Waals surface area contributed by atoms with Crippen molar-refractivity contribution >= 4 is 34.0 Å². The summed E-state index contributed by atoms with van der Waals surface area (Å²) in [5.41, 5.74) is 4.23. The Kier molecular flexibility index (Phi) is 7.16. The summed E-state index contributed by atoms with van der Waals surface area (Å²) in [5, 5.41) is 6.30. The van der Waals surface area contributed by atoms with Crippen LogP contribution in [0.2, 0.25) is 0 Å². The van der Waals surface area contributed by atoms with E-state index >= 15 is 0 Å². The van der Waals surface area contributed by atoms with Gasteiger partial charge in [0, 0.05) is 4.47 Å². The SMILES string of the molecule is Cc1cccc(OCC(=O)NCC(=O)NN=Cc2cccc(Br)c2)c1. The first-order valence-electron chi connectivity index (χ1n) is 7.56. The van der Waals surface area contributed by atoms with Gasteiger partial charge in [0.15, 0.2) is 6.61 Å². The summed E-state index contributed by atoms with van der Waals surface area (Å²) in [4.78, 5) is 23.3. The minimum absolute atomic E-state index is 0.155. The molecular formula is C18H18BrN3O3. The number of carbonyl (C=O) groups is 2. The lowest BCUT2D eigenvalue weighted by molar-refractivity contribution is -0.127. The van der Waals surface area contributed by atoms with Gasteiger partial charge in [-0.25, -0.2) is 5.43 Å². The zero-order chi connectivity index (χ0) is 18.1. The number of hydrazone groups is 1. The molecule has 0 aliphatic heterocycles. The quantitative estimate of drug-likeness (QED) is 0.550. The number of rotatable bonds is 7. The molecule has 0 saturated heterocycles. The van der Waals surface area contributed by atoms with Crippen LogP contribution in [0.1, 0.15) is 11.1 Å². The predicted octanol–water partition coefficient (Wildman–Crippen LogP) is 2.40. The molecule has 2 N–H and O–H groups in total. The van der Waals surface area contributed by atoms with E-state index in [1.165, 1.54) is 6.21 Å². The fourth-order valence-corrected chi connectivity index (χ4v) is 2.31. The van der Waals surface area contributed by atoms with E-state index in [0.29, 0.717) is 5.75 Å². The van der Waals surface area contributed by atoms with Gasteiger partial charge < -0.3 is 10.1 Å². The van der Waals surface area contributed by atoms with Crippen LogP contribution in [0.4, 0.5) is 0 Å². The topological polar surface area (TPSA) is 79.8 Å². The Morgan fingerprint density at radius 2 is 1.96 bits per heavy atom. The molecule has 0 spiro atoms. The minimum atomic E-state index is -0.421. The number of ether oxygens (including phenoxy) is 1. The molecule has 130 valence electrons. The fraction of sp³-hybridized carbons (Fsp3) is 0.167. The number of hydrogen-bond acceptors (Lipinski definition) is 4. The van der Waals surface area contributed by atoms with Crippen LogP contribution < -0.4 is 15.5 Å². The lowest BCUT2D eigenvalue weighted by Crippen LogP contribution is -2.37. The van der Waals surface area contributed by atoms with Gasteiger partial charge in [-0.15, -0.1) is 0 Å². The predicted molar refractivity (Wildman–Crippen MR) is 99.6 cm³/mol. The Labute approximate surface area is 154 Å². The normalized spacial score (nSPS) is 10.5. The van der Waals surface area contributed by atoms with Crippen molar-refractivity contribution in [3.8, 4) is 5.75 Å². The number of benzene rings is 2. The second-order valence-electron chi connectivity index (χ2n) is 5.23. The van der Waals surface area contributed by atoms with E-state index in [2.05, 4.69) is 31.8 Å². The number of amides is 2. The smallest absolute Gasteiger partial charge is 0.259 e. The van der Waals surface area contributed by atoms with Crippen molar-refractivity contribution in [2.24, 2.45) is 5.10 Å². The summed E-state index contributed by atoms with van der Waals surface area (Å²) in [7, 11) is 0. The Balaban J connectivity index is 1.68. The van der Waals surface area contributed by atoms with Crippen LogP contribution >= 0.6 is 15.9 Å². The third kappa shape index (κ3) is 7.17. The van der Waals surface area contributed by atoms with Gasteiger partial charge in [0.25, 0.3) is 11.8 Å². The van der Waals surface area contributed by atoms with Crippen LogP contribution in [0.25, 0.3) is 0 Å². The molecule has 25 heavy (non-hydrogen) atoms. The molecule has 0 aliphatic carbocycles. The first-order chi connectivity index (χ1) is 12.0. The first kappa shape index (κ1) is 18.7. The monoisotopic (exact) mass is 403 g/mol. The molecule has 0 fully saturated rings. The third-order valence-corrected chi connectivity index (χ3v) is 3.55. The van der Waals surface area contributed by atoms with Crippen molar-refractivity contribution in [2.75, 3.05) is 13.2 Å². The van der Waals surface area contributed by atoms with Crippen molar-refractivity contribution in [3.05, 3.63) is 64.1 Å². The first-order valence-corrected chi connectivity index (χ1v) is 8.36. The highest BCUT2D eigenvalue weighted by atomic mass is 79.9. The van der Waals surface area contributed by atoms with E-state index in [1.54, 1.807) is 6.07 Å². The van der Waals surface area contributed by atoms with Crippen LogP contribution in [0, 0.1) is 6.92 Å². The zero-order valence-corrected chi connectivity index (χ0v) is 15.2. The second-order valence-corrected chi connectivity index (χ2v) is 6.15. The van der Waals surface area contributed by atoms with E-state index in [9.17, 15) is 9.59 Å². The van der Waals surface area contributed by atoms with Gasteiger partial charge >= 0.3 is 0 Å². The van der Waals surface area contributed by atoms with Crippen LogP contribution in [0.15, 0.2) is 58.1 Å². The number of carbonyl (C=O) groups excluding carboxylic acids is 2. The van der Waals surface area contributed by atoms with Gasteiger partial charge in [-0.2, -0.15) is 5.10 Å². The molecule has 0 aliphatic rings. The number of hydrogen-bond donors (Lipinski definition) is 2. The summed E-state index contributed by atoms with van der Waals surface area (Å²) in [6.07, 6.45) is 1.52. The van der Waals surface area contributed by atoms with Crippen LogP contribution in [-0.4, -0.2) is 31.2 Å². The third-order valence-electron chi connectivity index (χ3n) is 3.06. The number of halogens is 1. The molecule has 0 aromatic heterocycles. The van der Waals surface area contributed by atoms with Crippen LogP contribution in [0.3, 0.4) is 0 Å². The Morgan fingerprint density at radius 1 is 1.16 bits per heavy atom. The molecule has 0 atom stereocenters. The van der Waals surface area contributed by atoms with E-state index in [-0.39, 0.29) is 19.1 Å². The van der Waals surface area contributed by atoms with E-state index < -0.39 is 5.91 Å². The van der Waals surface area contributed by atoms with Crippen molar-refractivity contribution in [1.29, 1.82) is 0 Å².